The van der Waals surface area contributed by atoms with E-state index in [1.54, 1.807) is 0 Å². The zero-order valence-corrected chi connectivity index (χ0v) is 14.5. The molecule has 4 nitrogen and oxygen atoms in total. The monoisotopic (exact) mass is 331 g/mol. The third-order valence-corrected chi connectivity index (χ3v) is 4.81. The zero-order valence-electron chi connectivity index (χ0n) is 14.5. The van der Waals surface area contributed by atoms with E-state index in [4.69, 9.17) is 5.32 Å². The van der Waals surface area contributed by atoms with Crippen molar-refractivity contribution in [2.75, 3.05) is 19.6 Å². The first-order valence-electron chi connectivity index (χ1n) is 8.88. The van der Waals surface area contributed by atoms with Crippen LogP contribution in [0.15, 0.2) is 60.8 Å². The van der Waals surface area contributed by atoms with Crippen LogP contribution in [0.3, 0.4) is 0 Å². The second-order valence-corrected chi connectivity index (χ2v) is 6.50. The highest BCUT2D eigenvalue weighted by Gasteiger charge is 2.20. The van der Waals surface area contributed by atoms with Crippen LogP contribution in [0, 0.1) is 6.92 Å². The lowest BCUT2D eigenvalue weighted by Gasteiger charge is -2.22. The normalized spacial score (nSPS) is 17.6. The summed E-state index contributed by atoms with van der Waals surface area (Å²) in [6, 6.07) is 19.3. The molecule has 1 N–H and O–H groups in total. The van der Waals surface area contributed by atoms with Crippen LogP contribution in [0.25, 0.3) is 17.1 Å². The number of hydrogen-bond acceptors (Lipinski definition) is 2. The fourth-order valence-corrected chi connectivity index (χ4v) is 3.52. The van der Waals surface area contributed by atoms with E-state index in [-0.39, 0.29) is 0 Å². The van der Waals surface area contributed by atoms with Crippen molar-refractivity contribution >= 4 is 0 Å². The van der Waals surface area contributed by atoms with E-state index in [0.29, 0.717) is 6.04 Å². The molecule has 1 aliphatic heterocycles. The predicted molar refractivity (Wildman–Crippen MR) is 101 cm³/mol. The maximum Gasteiger partial charge on any atom is 0.137 e. The molecule has 25 heavy (non-hydrogen) atoms. The molecule has 1 unspecified atom stereocenters. The molecule has 3 aromatic rings. The Balaban J connectivity index is 1.77. The summed E-state index contributed by atoms with van der Waals surface area (Å²) in [5.74, 6) is 0.962. The van der Waals surface area contributed by atoms with Gasteiger partial charge in [-0.3, -0.25) is 4.57 Å². The van der Waals surface area contributed by atoms with Crippen molar-refractivity contribution in [3.8, 4) is 17.1 Å². The molecule has 3 heterocycles. The zero-order chi connectivity index (χ0) is 17.1. The fourth-order valence-electron chi connectivity index (χ4n) is 3.52. The summed E-state index contributed by atoms with van der Waals surface area (Å²) in [5.41, 5.74) is 5.00. The van der Waals surface area contributed by atoms with Gasteiger partial charge in [-0.2, -0.15) is 0 Å². The van der Waals surface area contributed by atoms with E-state index >= 15 is 0 Å². The van der Waals surface area contributed by atoms with Gasteiger partial charge in [0.1, 0.15) is 5.82 Å². The maximum absolute atomic E-state index is 4.76. The van der Waals surface area contributed by atoms with Crippen LogP contribution in [-0.2, 0) is 6.42 Å². The second-order valence-electron chi connectivity index (χ2n) is 6.50. The fraction of sp³-hybridized carbons (Fsp3) is 0.286. The van der Waals surface area contributed by atoms with Gasteiger partial charge >= 0.3 is 0 Å². The Hall–Kier alpha value is -2.43. The third kappa shape index (κ3) is 3.36. The maximum atomic E-state index is 4.76. The standard InChI is InChI=1S/C21H23N4/c1-16-18(13-19-15-22-11-12-23-19)14-20(17-7-3-2-4-8-17)25(16)21-9-5-6-10-24-21/h2-10,14,19,22H,11-13,15H2,1H3. The molecule has 1 fully saturated rings. The van der Waals surface area contributed by atoms with E-state index in [9.17, 15) is 0 Å². The topological polar surface area (TPSA) is 44.0 Å². The third-order valence-electron chi connectivity index (χ3n) is 4.81. The summed E-state index contributed by atoms with van der Waals surface area (Å²) >= 11 is 0. The minimum absolute atomic E-state index is 0.357. The molecule has 4 rings (SSSR count). The Bertz CT molecular complexity index is 818. The molecule has 1 atom stereocenters. The number of piperazine rings is 1. The minimum atomic E-state index is 0.357. The van der Waals surface area contributed by atoms with Gasteiger partial charge in [0, 0.05) is 37.6 Å². The van der Waals surface area contributed by atoms with Gasteiger partial charge in [-0.25, -0.2) is 10.3 Å². The van der Waals surface area contributed by atoms with Crippen molar-refractivity contribution in [1.29, 1.82) is 0 Å². The highest BCUT2D eigenvalue weighted by Crippen LogP contribution is 2.29. The quantitative estimate of drug-likeness (QED) is 0.799. The Morgan fingerprint density at radius 3 is 2.68 bits per heavy atom. The average molecular weight is 331 g/mol. The van der Waals surface area contributed by atoms with Crippen LogP contribution in [-0.4, -0.2) is 35.2 Å². The Labute approximate surface area is 148 Å². The predicted octanol–water partition coefficient (Wildman–Crippen LogP) is 2.97. The molecular formula is C21H23N4. The molecule has 0 amide bonds. The lowest BCUT2D eigenvalue weighted by molar-refractivity contribution is 0.408. The van der Waals surface area contributed by atoms with Crippen LogP contribution in [0.1, 0.15) is 11.3 Å². The molecule has 127 valence electrons. The first-order valence-corrected chi connectivity index (χ1v) is 8.88. The first kappa shape index (κ1) is 16.1. The van der Waals surface area contributed by atoms with E-state index in [1.165, 1.54) is 22.5 Å². The molecule has 1 saturated heterocycles. The number of hydrogen-bond donors (Lipinski definition) is 1. The number of nitrogens with one attached hydrogen (secondary N) is 1. The Morgan fingerprint density at radius 2 is 1.96 bits per heavy atom. The molecule has 4 heteroatoms. The van der Waals surface area contributed by atoms with Crippen molar-refractivity contribution in [2.24, 2.45) is 0 Å². The lowest BCUT2D eigenvalue weighted by Crippen LogP contribution is -2.45. The number of pyridine rings is 1. The minimum Gasteiger partial charge on any atom is -0.314 e. The van der Waals surface area contributed by atoms with Gasteiger partial charge in [0.25, 0.3) is 0 Å². The number of rotatable bonds is 4. The number of aromatic nitrogens is 2. The summed E-state index contributed by atoms with van der Waals surface area (Å²) in [4.78, 5) is 4.58. The Morgan fingerprint density at radius 1 is 1.12 bits per heavy atom. The summed E-state index contributed by atoms with van der Waals surface area (Å²) in [7, 11) is 0. The lowest BCUT2D eigenvalue weighted by atomic mass is 10.0. The molecule has 0 spiro atoms. The van der Waals surface area contributed by atoms with Crippen molar-refractivity contribution in [1.82, 2.24) is 20.2 Å². The van der Waals surface area contributed by atoms with Crippen LogP contribution in [0.2, 0.25) is 0 Å². The summed E-state index contributed by atoms with van der Waals surface area (Å²) < 4.78 is 2.26. The molecule has 1 aromatic carbocycles. The Kier molecular flexibility index (Phi) is 4.63. The molecule has 0 saturated carbocycles. The van der Waals surface area contributed by atoms with E-state index < -0.39 is 0 Å². The average Bonchev–Trinajstić information content (AvgIpc) is 3.00. The number of nitrogens with zero attached hydrogens (tertiary/aromatic N) is 3. The van der Waals surface area contributed by atoms with Crippen LogP contribution in [0.5, 0.6) is 0 Å². The molecule has 1 radical (unpaired) electrons. The summed E-state index contributed by atoms with van der Waals surface area (Å²) in [6.07, 6.45) is 2.82. The SMILES string of the molecule is Cc1c(CC2CNCC[N]2)cc(-c2ccccc2)n1-c1ccccn1. The van der Waals surface area contributed by atoms with Crippen molar-refractivity contribution in [2.45, 2.75) is 19.4 Å². The molecule has 2 aromatic heterocycles. The van der Waals surface area contributed by atoms with E-state index in [0.717, 1.165) is 31.9 Å². The van der Waals surface area contributed by atoms with Crippen molar-refractivity contribution in [3.05, 3.63) is 72.1 Å². The van der Waals surface area contributed by atoms with Gasteiger partial charge < -0.3 is 5.32 Å². The molecular weight excluding hydrogens is 308 g/mol. The van der Waals surface area contributed by atoms with Gasteiger partial charge in [0.2, 0.25) is 0 Å². The van der Waals surface area contributed by atoms with Crippen LogP contribution in [0.4, 0.5) is 0 Å². The second kappa shape index (κ2) is 7.21. The van der Waals surface area contributed by atoms with Gasteiger partial charge in [-0.1, -0.05) is 36.4 Å². The highest BCUT2D eigenvalue weighted by atomic mass is 15.1. The molecule has 0 aliphatic carbocycles. The van der Waals surface area contributed by atoms with Gasteiger partial charge in [-0.15, -0.1) is 0 Å². The highest BCUT2D eigenvalue weighted by molar-refractivity contribution is 5.65. The van der Waals surface area contributed by atoms with Gasteiger partial charge in [-0.05, 0) is 42.7 Å². The smallest absolute Gasteiger partial charge is 0.137 e. The number of benzene rings is 1. The van der Waals surface area contributed by atoms with Gasteiger partial charge in [0.15, 0.2) is 0 Å². The van der Waals surface area contributed by atoms with E-state index in [1.807, 2.05) is 18.3 Å². The first-order chi connectivity index (χ1) is 12.3. The van der Waals surface area contributed by atoms with Crippen molar-refractivity contribution in [3.63, 3.8) is 0 Å². The van der Waals surface area contributed by atoms with Crippen LogP contribution >= 0.6 is 0 Å². The largest absolute Gasteiger partial charge is 0.314 e. The summed E-state index contributed by atoms with van der Waals surface area (Å²) in [6.45, 7) is 5.07. The summed E-state index contributed by atoms with van der Waals surface area (Å²) in [5, 5.41) is 8.21. The van der Waals surface area contributed by atoms with E-state index in [2.05, 4.69) is 64.3 Å². The van der Waals surface area contributed by atoms with Gasteiger partial charge in [0.05, 0.1) is 5.69 Å². The van der Waals surface area contributed by atoms with Crippen LogP contribution < -0.4 is 10.6 Å². The van der Waals surface area contributed by atoms with Crippen molar-refractivity contribution < 1.29 is 0 Å². The molecule has 0 bridgehead atoms. The molecule has 1 aliphatic rings.